The maximum Gasteiger partial charge on any atom is 0.263 e. The van der Waals surface area contributed by atoms with Crippen LogP contribution in [0.25, 0.3) is 10.9 Å². The number of primary amides is 1. The number of rotatable bonds is 3. The zero-order chi connectivity index (χ0) is 16.6. The van der Waals surface area contributed by atoms with Crippen LogP contribution in [0.4, 0.5) is 5.82 Å². The number of nitrogens with zero attached hydrogens (tertiary/aromatic N) is 1. The zero-order valence-electron chi connectivity index (χ0n) is 12.7. The number of nitrogens with two attached hydrogens (primary N) is 2. The molecule has 0 atom stereocenters. The van der Waals surface area contributed by atoms with Crippen molar-refractivity contribution in [3.05, 3.63) is 65.2 Å². The van der Waals surface area contributed by atoms with E-state index in [1.54, 1.807) is 36.4 Å². The molecule has 116 valence electrons. The van der Waals surface area contributed by atoms with Crippen LogP contribution in [0, 0.1) is 0 Å². The topological polar surface area (TPSA) is 91.1 Å². The summed E-state index contributed by atoms with van der Waals surface area (Å²) in [6.07, 6.45) is 0.898. The van der Waals surface area contributed by atoms with Crippen LogP contribution in [0.1, 0.15) is 33.2 Å². The number of benzene rings is 2. The van der Waals surface area contributed by atoms with Crippen molar-refractivity contribution < 1.29 is 9.59 Å². The molecule has 1 aromatic heterocycles. The van der Waals surface area contributed by atoms with Gasteiger partial charge in [-0.05, 0) is 30.2 Å². The van der Waals surface area contributed by atoms with Gasteiger partial charge in [0, 0.05) is 10.9 Å². The van der Waals surface area contributed by atoms with E-state index in [9.17, 15) is 9.59 Å². The van der Waals surface area contributed by atoms with Crippen molar-refractivity contribution >= 4 is 28.5 Å². The number of aryl methyl sites for hydroxylation is 1. The molecule has 0 bridgehead atoms. The van der Waals surface area contributed by atoms with E-state index in [2.05, 4.69) is 0 Å². The van der Waals surface area contributed by atoms with Crippen LogP contribution in [0.2, 0.25) is 0 Å². The fourth-order valence-electron chi connectivity index (χ4n) is 2.75. The van der Waals surface area contributed by atoms with Crippen molar-refractivity contribution in [2.75, 3.05) is 5.73 Å². The molecule has 0 saturated carbocycles. The van der Waals surface area contributed by atoms with Crippen molar-refractivity contribution in [1.29, 1.82) is 0 Å². The SMILES string of the molecule is CCc1ccc(C(=O)n2c(N)c(C(N)=O)c3ccccc32)cc1. The van der Waals surface area contributed by atoms with Crippen molar-refractivity contribution in [1.82, 2.24) is 4.57 Å². The molecule has 0 aliphatic heterocycles. The highest BCUT2D eigenvalue weighted by Gasteiger charge is 2.22. The van der Waals surface area contributed by atoms with E-state index in [0.717, 1.165) is 12.0 Å². The summed E-state index contributed by atoms with van der Waals surface area (Å²) in [7, 11) is 0. The van der Waals surface area contributed by atoms with Gasteiger partial charge in [0.05, 0.1) is 11.1 Å². The predicted molar refractivity (Wildman–Crippen MR) is 90.4 cm³/mol. The molecule has 0 aliphatic rings. The third-order valence-electron chi connectivity index (χ3n) is 3.97. The molecule has 1 heterocycles. The highest BCUT2D eigenvalue weighted by Crippen LogP contribution is 2.28. The van der Waals surface area contributed by atoms with E-state index in [0.29, 0.717) is 16.5 Å². The van der Waals surface area contributed by atoms with Crippen LogP contribution in [0.15, 0.2) is 48.5 Å². The Hall–Kier alpha value is -3.08. The molecular weight excluding hydrogens is 290 g/mol. The predicted octanol–water partition coefficient (Wildman–Crippen LogP) is 2.57. The Balaban J connectivity index is 2.20. The Kier molecular flexibility index (Phi) is 3.62. The van der Waals surface area contributed by atoms with E-state index in [1.165, 1.54) is 4.57 Å². The summed E-state index contributed by atoms with van der Waals surface area (Å²) in [5.41, 5.74) is 13.9. The molecule has 23 heavy (non-hydrogen) atoms. The monoisotopic (exact) mass is 307 g/mol. The average Bonchev–Trinajstić information content (AvgIpc) is 2.86. The first-order valence-electron chi connectivity index (χ1n) is 7.37. The Bertz CT molecular complexity index is 908. The molecule has 0 radical (unpaired) electrons. The highest BCUT2D eigenvalue weighted by atomic mass is 16.2. The van der Waals surface area contributed by atoms with E-state index < -0.39 is 5.91 Å². The molecule has 5 nitrogen and oxygen atoms in total. The number of aromatic nitrogens is 1. The molecule has 0 aliphatic carbocycles. The Morgan fingerprint density at radius 2 is 1.70 bits per heavy atom. The summed E-state index contributed by atoms with van der Waals surface area (Å²) in [6, 6.07) is 14.4. The first-order chi connectivity index (χ1) is 11.0. The van der Waals surface area contributed by atoms with Crippen molar-refractivity contribution in [3.8, 4) is 0 Å². The van der Waals surface area contributed by atoms with Gasteiger partial charge < -0.3 is 11.5 Å². The number of nitrogen functional groups attached to an aromatic ring is 1. The molecule has 2 aromatic carbocycles. The molecule has 3 aromatic rings. The van der Waals surface area contributed by atoms with Gasteiger partial charge in [0.2, 0.25) is 0 Å². The quantitative estimate of drug-likeness (QED) is 0.779. The molecule has 0 fully saturated rings. The molecule has 4 N–H and O–H groups in total. The van der Waals surface area contributed by atoms with E-state index in [-0.39, 0.29) is 17.3 Å². The van der Waals surface area contributed by atoms with E-state index >= 15 is 0 Å². The zero-order valence-corrected chi connectivity index (χ0v) is 12.7. The smallest absolute Gasteiger partial charge is 0.263 e. The van der Waals surface area contributed by atoms with Crippen LogP contribution in [0.3, 0.4) is 0 Å². The second-order valence-corrected chi connectivity index (χ2v) is 5.33. The molecule has 0 spiro atoms. The summed E-state index contributed by atoms with van der Waals surface area (Å²) in [5, 5.41) is 0.580. The van der Waals surface area contributed by atoms with Gasteiger partial charge in [0.1, 0.15) is 5.82 Å². The minimum atomic E-state index is -0.647. The third-order valence-corrected chi connectivity index (χ3v) is 3.97. The Labute approximate surface area is 133 Å². The lowest BCUT2D eigenvalue weighted by molar-refractivity contribution is 0.0967. The lowest BCUT2D eigenvalue weighted by Gasteiger charge is -2.07. The fourth-order valence-corrected chi connectivity index (χ4v) is 2.75. The molecule has 0 saturated heterocycles. The number of carbonyl (C=O) groups excluding carboxylic acids is 2. The second kappa shape index (κ2) is 5.61. The first-order valence-corrected chi connectivity index (χ1v) is 7.37. The second-order valence-electron chi connectivity index (χ2n) is 5.33. The van der Waals surface area contributed by atoms with E-state index in [1.807, 2.05) is 19.1 Å². The standard InChI is InChI=1S/C18H17N3O2/c1-2-11-7-9-12(10-8-11)18(23)21-14-6-4-3-5-13(14)15(16(21)19)17(20)22/h3-10H,2,19H2,1H3,(H2,20,22). The van der Waals surface area contributed by atoms with Gasteiger partial charge in [-0.1, -0.05) is 37.3 Å². The number of hydrogen-bond donors (Lipinski definition) is 2. The number of carbonyl (C=O) groups is 2. The van der Waals surface area contributed by atoms with Crippen LogP contribution in [0.5, 0.6) is 0 Å². The molecular formula is C18H17N3O2. The largest absolute Gasteiger partial charge is 0.384 e. The maximum atomic E-state index is 12.8. The Morgan fingerprint density at radius 3 is 2.30 bits per heavy atom. The lowest BCUT2D eigenvalue weighted by Crippen LogP contribution is -2.17. The summed E-state index contributed by atoms with van der Waals surface area (Å²) in [5.74, 6) is -0.858. The van der Waals surface area contributed by atoms with Crippen LogP contribution in [-0.4, -0.2) is 16.4 Å². The van der Waals surface area contributed by atoms with E-state index in [4.69, 9.17) is 11.5 Å². The summed E-state index contributed by atoms with van der Waals surface area (Å²) < 4.78 is 1.34. The highest BCUT2D eigenvalue weighted by molar-refractivity contribution is 6.15. The normalized spacial score (nSPS) is 10.8. The van der Waals surface area contributed by atoms with Gasteiger partial charge in [0.25, 0.3) is 11.8 Å². The van der Waals surface area contributed by atoms with Gasteiger partial charge in [0.15, 0.2) is 0 Å². The van der Waals surface area contributed by atoms with Gasteiger partial charge in [-0.2, -0.15) is 0 Å². The van der Waals surface area contributed by atoms with Crippen molar-refractivity contribution in [2.45, 2.75) is 13.3 Å². The summed E-state index contributed by atoms with van der Waals surface area (Å²) in [4.78, 5) is 24.6. The maximum absolute atomic E-state index is 12.8. The molecule has 5 heteroatoms. The molecule has 0 unspecified atom stereocenters. The minimum Gasteiger partial charge on any atom is -0.384 e. The van der Waals surface area contributed by atoms with Crippen molar-refractivity contribution in [3.63, 3.8) is 0 Å². The summed E-state index contributed by atoms with van der Waals surface area (Å²) in [6.45, 7) is 2.05. The Morgan fingerprint density at radius 1 is 1.04 bits per heavy atom. The third kappa shape index (κ3) is 2.36. The van der Waals surface area contributed by atoms with Gasteiger partial charge >= 0.3 is 0 Å². The van der Waals surface area contributed by atoms with Gasteiger partial charge in [-0.15, -0.1) is 0 Å². The number of anilines is 1. The minimum absolute atomic E-state index is 0.0725. The number of hydrogen-bond acceptors (Lipinski definition) is 3. The van der Waals surface area contributed by atoms with Crippen LogP contribution < -0.4 is 11.5 Å². The fraction of sp³-hybridized carbons (Fsp3) is 0.111. The average molecular weight is 307 g/mol. The van der Waals surface area contributed by atoms with Crippen LogP contribution >= 0.6 is 0 Å². The van der Waals surface area contributed by atoms with Gasteiger partial charge in [-0.25, -0.2) is 0 Å². The van der Waals surface area contributed by atoms with Crippen molar-refractivity contribution in [2.24, 2.45) is 5.73 Å². The number of amides is 1. The molecule has 1 amide bonds. The first kappa shape index (κ1) is 14.8. The summed E-state index contributed by atoms with van der Waals surface area (Å²) >= 11 is 0. The molecule has 3 rings (SSSR count). The number of fused-ring (bicyclic) bond motifs is 1. The van der Waals surface area contributed by atoms with Crippen LogP contribution in [-0.2, 0) is 6.42 Å². The number of para-hydroxylation sites is 1. The van der Waals surface area contributed by atoms with Gasteiger partial charge in [-0.3, -0.25) is 14.2 Å². The lowest BCUT2D eigenvalue weighted by atomic mass is 10.1.